The van der Waals surface area contributed by atoms with Gasteiger partial charge in [0.05, 0.1) is 54.2 Å². The lowest BCUT2D eigenvalue weighted by atomic mass is 9.91. The van der Waals surface area contributed by atoms with Gasteiger partial charge in [0.25, 0.3) is 5.91 Å². The molecule has 11 nitrogen and oxygen atoms in total. The highest BCUT2D eigenvalue weighted by atomic mass is 32.2. The summed E-state index contributed by atoms with van der Waals surface area (Å²) in [4.78, 5) is 30.4. The summed E-state index contributed by atoms with van der Waals surface area (Å²) in [6.45, 7) is -0.839. The van der Waals surface area contributed by atoms with Gasteiger partial charge in [0.1, 0.15) is 11.4 Å². The quantitative estimate of drug-likeness (QED) is 0.209. The Bertz CT molecular complexity index is 2040. The Morgan fingerprint density at radius 1 is 1.04 bits per heavy atom. The highest BCUT2D eigenvalue weighted by molar-refractivity contribution is 7.92. The molecule has 0 aliphatic heterocycles. The highest BCUT2D eigenvalue weighted by Gasteiger charge is 2.47. The molecule has 5 aromatic rings. The van der Waals surface area contributed by atoms with Gasteiger partial charge in [0.2, 0.25) is 10.0 Å². The van der Waals surface area contributed by atoms with Crippen molar-refractivity contribution in [3.63, 3.8) is 0 Å². The van der Waals surface area contributed by atoms with Crippen LogP contribution in [0.1, 0.15) is 39.3 Å². The molecule has 3 aromatic heterocycles. The van der Waals surface area contributed by atoms with Crippen LogP contribution in [0.4, 0.5) is 10.1 Å². The lowest BCUT2D eigenvalue weighted by molar-refractivity contribution is 0.0698. The number of halogens is 1. The smallest absolute Gasteiger partial charge is 0.339 e. The van der Waals surface area contributed by atoms with Crippen LogP contribution in [0.25, 0.3) is 27.8 Å². The second-order valence-electron chi connectivity index (χ2n) is 10.8. The van der Waals surface area contributed by atoms with Gasteiger partial charge in [-0.1, -0.05) is 30.3 Å². The van der Waals surface area contributed by atoms with Gasteiger partial charge >= 0.3 is 5.97 Å². The lowest BCUT2D eigenvalue weighted by Gasteiger charge is -2.27. The van der Waals surface area contributed by atoms with Gasteiger partial charge in [-0.25, -0.2) is 22.1 Å². The Balaban J connectivity index is 1.60. The molecular formula is C32H28FN5O6S. The number of aliphatic hydroxyl groups is 1. The van der Waals surface area contributed by atoms with E-state index in [-0.39, 0.29) is 45.9 Å². The number of carboxylic acids is 1. The summed E-state index contributed by atoms with van der Waals surface area (Å²) in [6.07, 6.45) is 6.60. The van der Waals surface area contributed by atoms with Crippen molar-refractivity contribution in [1.82, 2.24) is 19.9 Å². The number of sulfonamides is 1. The van der Waals surface area contributed by atoms with E-state index in [1.54, 1.807) is 36.5 Å². The normalized spacial score (nSPS) is 13.8. The van der Waals surface area contributed by atoms with E-state index < -0.39 is 34.0 Å². The van der Waals surface area contributed by atoms with Gasteiger partial charge in [-0.05, 0) is 60.4 Å². The number of amides is 1. The number of rotatable bonds is 10. The summed E-state index contributed by atoms with van der Waals surface area (Å²) in [5, 5.41) is 27.2. The maximum Gasteiger partial charge on any atom is 0.339 e. The van der Waals surface area contributed by atoms with Gasteiger partial charge in [0, 0.05) is 22.9 Å². The van der Waals surface area contributed by atoms with Crippen molar-refractivity contribution >= 4 is 33.1 Å². The van der Waals surface area contributed by atoms with Crippen LogP contribution in [0.15, 0.2) is 85.3 Å². The Kier molecular flexibility index (Phi) is 7.59. The third-order valence-corrected chi connectivity index (χ3v) is 8.97. The van der Waals surface area contributed by atoms with Crippen LogP contribution in [0.3, 0.4) is 0 Å². The Morgan fingerprint density at radius 2 is 1.80 bits per heavy atom. The topological polar surface area (TPSA) is 154 Å². The zero-order valence-electron chi connectivity index (χ0n) is 24.0. The summed E-state index contributed by atoms with van der Waals surface area (Å²) < 4.78 is 42.5. The van der Waals surface area contributed by atoms with Crippen LogP contribution in [0.5, 0.6) is 0 Å². The largest absolute Gasteiger partial charge is 0.478 e. The summed E-state index contributed by atoms with van der Waals surface area (Å²) in [6, 6.07) is 17.3. The molecule has 3 heterocycles. The predicted octanol–water partition coefficient (Wildman–Crippen LogP) is 4.08. The third kappa shape index (κ3) is 5.63. The average molecular weight is 630 g/mol. The number of aromatic carboxylic acids is 1. The van der Waals surface area contributed by atoms with E-state index >= 15 is 0 Å². The fourth-order valence-electron chi connectivity index (χ4n) is 5.55. The number of aromatic nitrogens is 3. The molecule has 45 heavy (non-hydrogen) atoms. The van der Waals surface area contributed by atoms with Crippen LogP contribution < -0.4 is 9.62 Å². The van der Waals surface area contributed by atoms with Crippen molar-refractivity contribution in [1.29, 1.82) is 0 Å². The number of aliphatic hydroxyl groups excluding tert-OH is 1. The second-order valence-corrected chi connectivity index (χ2v) is 12.7. The summed E-state index contributed by atoms with van der Waals surface area (Å²) in [5.41, 5.74) is 1.70. The maximum absolute atomic E-state index is 14.1. The molecule has 1 saturated carbocycles. The minimum absolute atomic E-state index is 0.0723. The number of carboxylic acid groups (broad SMARTS) is 1. The molecule has 1 amide bonds. The Hall–Kier alpha value is -5.14. The van der Waals surface area contributed by atoms with E-state index in [4.69, 9.17) is 0 Å². The van der Waals surface area contributed by atoms with Crippen LogP contribution in [-0.4, -0.2) is 64.5 Å². The van der Waals surface area contributed by atoms with E-state index in [2.05, 4.69) is 15.4 Å². The van der Waals surface area contributed by atoms with Crippen LogP contribution in [0.2, 0.25) is 0 Å². The molecule has 2 aromatic carbocycles. The zero-order chi connectivity index (χ0) is 31.9. The van der Waals surface area contributed by atoms with Crippen molar-refractivity contribution in [3.05, 3.63) is 108 Å². The molecule has 0 saturated heterocycles. The van der Waals surface area contributed by atoms with Crippen molar-refractivity contribution in [2.24, 2.45) is 0 Å². The van der Waals surface area contributed by atoms with Crippen LogP contribution in [0, 0.1) is 5.82 Å². The average Bonchev–Trinajstić information content (AvgIpc) is 3.68. The molecule has 3 N–H and O–H groups in total. The maximum atomic E-state index is 14.1. The molecule has 0 unspecified atom stereocenters. The minimum atomic E-state index is -4.00. The first kappa shape index (κ1) is 29.9. The standard InChI is InChI=1S/C32H28FN5O6S/c1-45(43,44)38(15-16-39)25-19-37-29(24(18-35-37)31(41)42)28(20-8-10-23(33)11-9-20)27(25)21-5-4-6-22(17-21)30(40)36-32(12-13-32)26-7-2-3-14-34-26/h2-11,14,17-19,39H,12-13,15-16H2,1H3,(H,36,40)(H,41,42). The molecule has 230 valence electrons. The first-order valence-electron chi connectivity index (χ1n) is 14.0. The van der Waals surface area contributed by atoms with Gasteiger partial charge in [-0.15, -0.1) is 0 Å². The molecule has 1 aliphatic carbocycles. The number of carbonyl (C=O) groups excluding carboxylic acids is 1. The lowest BCUT2D eigenvalue weighted by Crippen LogP contribution is -2.35. The minimum Gasteiger partial charge on any atom is -0.478 e. The number of anilines is 1. The van der Waals surface area contributed by atoms with Crippen molar-refractivity contribution in [2.75, 3.05) is 23.7 Å². The van der Waals surface area contributed by atoms with E-state index in [0.29, 0.717) is 24.0 Å². The highest BCUT2D eigenvalue weighted by Crippen LogP contribution is 2.46. The molecule has 6 rings (SSSR count). The van der Waals surface area contributed by atoms with E-state index in [1.807, 2.05) is 12.1 Å². The van der Waals surface area contributed by atoms with Gasteiger partial charge in [-0.3, -0.25) is 14.1 Å². The Morgan fingerprint density at radius 3 is 2.42 bits per heavy atom. The molecule has 0 bridgehead atoms. The number of fused-ring (bicyclic) bond motifs is 1. The number of carbonyl (C=O) groups is 2. The molecule has 0 spiro atoms. The number of hydrogen-bond donors (Lipinski definition) is 3. The van der Waals surface area contributed by atoms with Gasteiger partial charge in [-0.2, -0.15) is 5.10 Å². The number of pyridine rings is 2. The third-order valence-electron chi connectivity index (χ3n) is 7.79. The van der Waals surface area contributed by atoms with Crippen LogP contribution in [-0.2, 0) is 15.6 Å². The van der Waals surface area contributed by atoms with E-state index in [0.717, 1.165) is 22.5 Å². The molecular weight excluding hydrogens is 601 g/mol. The van der Waals surface area contributed by atoms with Gasteiger partial charge < -0.3 is 15.5 Å². The predicted molar refractivity (Wildman–Crippen MR) is 165 cm³/mol. The number of nitrogens with one attached hydrogen (secondary N) is 1. The monoisotopic (exact) mass is 629 g/mol. The summed E-state index contributed by atoms with van der Waals surface area (Å²) in [5.74, 6) is -2.19. The molecule has 1 fully saturated rings. The van der Waals surface area contributed by atoms with Gasteiger partial charge in [0.15, 0.2) is 0 Å². The van der Waals surface area contributed by atoms with Crippen molar-refractivity contribution in [3.8, 4) is 22.3 Å². The number of benzene rings is 2. The molecule has 13 heteroatoms. The number of hydrogen-bond acceptors (Lipinski definition) is 7. The fraction of sp³-hybridized carbons (Fsp3) is 0.188. The second kappa shape index (κ2) is 11.4. The van der Waals surface area contributed by atoms with Crippen molar-refractivity contribution < 1.29 is 32.6 Å². The Labute approximate surface area is 257 Å². The fourth-order valence-corrected chi connectivity index (χ4v) is 6.46. The zero-order valence-corrected chi connectivity index (χ0v) is 24.8. The first-order valence-corrected chi connectivity index (χ1v) is 15.8. The SMILES string of the molecule is CS(=O)(=O)N(CCO)c1cn2ncc(C(=O)O)c2c(-c2ccc(F)cc2)c1-c1cccc(C(=O)NC2(c3ccccn3)CC2)c1. The summed E-state index contributed by atoms with van der Waals surface area (Å²) in [7, 11) is -4.00. The van der Waals surface area contributed by atoms with Crippen LogP contribution >= 0.6 is 0 Å². The summed E-state index contributed by atoms with van der Waals surface area (Å²) >= 11 is 0. The first-order chi connectivity index (χ1) is 21.5. The van der Waals surface area contributed by atoms with Crippen molar-refractivity contribution in [2.45, 2.75) is 18.4 Å². The number of nitrogens with zero attached hydrogens (tertiary/aromatic N) is 4. The van der Waals surface area contributed by atoms with E-state index in [9.17, 15) is 32.6 Å². The molecule has 1 aliphatic rings. The molecule has 0 atom stereocenters. The molecule has 0 radical (unpaired) electrons. The van der Waals surface area contributed by atoms with E-state index in [1.165, 1.54) is 35.0 Å².